The minimum absolute atomic E-state index is 0.0831. The van der Waals surface area contributed by atoms with Crippen LogP contribution in [0.2, 0.25) is 0 Å². The Morgan fingerprint density at radius 1 is 1.12 bits per heavy atom. The van der Waals surface area contributed by atoms with Gasteiger partial charge in [0, 0.05) is 43.9 Å². The largest absolute Gasteiger partial charge is 0.369 e. The number of sulfone groups is 1. The number of aryl methyl sites for hydroxylation is 1. The Morgan fingerprint density at radius 2 is 1.83 bits per heavy atom. The van der Waals surface area contributed by atoms with E-state index >= 15 is 0 Å². The van der Waals surface area contributed by atoms with E-state index < -0.39 is 15.4 Å². The van der Waals surface area contributed by atoms with Gasteiger partial charge in [-0.2, -0.15) is 5.26 Å². The molecule has 1 aliphatic heterocycles. The summed E-state index contributed by atoms with van der Waals surface area (Å²) in [7, 11) is -1.25. The van der Waals surface area contributed by atoms with Crippen molar-refractivity contribution >= 4 is 32.8 Å². The van der Waals surface area contributed by atoms with E-state index in [2.05, 4.69) is 16.3 Å². The number of carbonyl (C=O) groups is 1. The Balaban J connectivity index is 1.38. The van der Waals surface area contributed by atoms with Crippen molar-refractivity contribution in [3.8, 4) is 27.1 Å². The van der Waals surface area contributed by atoms with Crippen molar-refractivity contribution in [3.63, 3.8) is 0 Å². The molecule has 2 aromatic heterocycles. The summed E-state index contributed by atoms with van der Waals surface area (Å²) in [5.74, 6) is -0.197. The highest BCUT2D eigenvalue weighted by Crippen LogP contribution is 2.46. The Bertz CT molecular complexity index is 1670. The standard InChI is InChI=1S/C30H33N5O4S2/c1-34-14-4-7-24(29(34)37)28-32-25(22-5-2-3-6-23(22)27(36)33-30(19-31)12-13-30)26(40-28)20-8-10-21(11-9-20)35-15-17-41(38,39)18-16-35/h4,7-11,14,22-23H,2-3,5-6,12-13,15-18H2,1H3,(H,33,36)/t22-,23-/m1/s1. The molecule has 1 saturated heterocycles. The number of nitriles is 1. The third kappa shape index (κ3) is 5.55. The molecule has 2 atom stereocenters. The molecule has 0 bridgehead atoms. The van der Waals surface area contributed by atoms with Crippen LogP contribution in [0.5, 0.6) is 0 Å². The highest BCUT2D eigenvalue weighted by molar-refractivity contribution is 7.91. The first kappa shape index (κ1) is 27.7. The van der Waals surface area contributed by atoms with E-state index in [9.17, 15) is 23.3 Å². The molecule has 214 valence electrons. The second kappa shape index (κ2) is 10.7. The molecule has 0 unspecified atom stereocenters. The summed E-state index contributed by atoms with van der Waals surface area (Å²) in [6, 6.07) is 13.9. The lowest BCUT2D eigenvalue weighted by Gasteiger charge is -2.31. The van der Waals surface area contributed by atoms with Crippen LogP contribution in [0.25, 0.3) is 21.0 Å². The van der Waals surface area contributed by atoms with Gasteiger partial charge in [0.05, 0.1) is 33.7 Å². The number of thiazole rings is 1. The van der Waals surface area contributed by atoms with Crippen molar-refractivity contribution in [2.24, 2.45) is 13.0 Å². The summed E-state index contributed by atoms with van der Waals surface area (Å²) in [5, 5.41) is 13.2. The van der Waals surface area contributed by atoms with Crippen molar-refractivity contribution in [3.05, 3.63) is 58.6 Å². The first-order chi connectivity index (χ1) is 19.7. The summed E-state index contributed by atoms with van der Waals surface area (Å²) in [4.78, 5) is 34.6. The predicted molar refractivity (Wildman–Crippen MR) is 160 cm³/mol. The molecule has 1 amide bonds. The number of benzene rings is 1. The van der Waals surface area contributed by atoms with Crippen LogP contribution in [0, 0.1) is 17.2 Å². The summed E-state index contributed by atoms with van der Waals surface area (Å²) in [6.45, 7) is 0.940. The highest BCUT2D eigenvalue weighted by atomic mass is 32.2. The lowest BCUT2D eigenvalue weighted by Crippen LogP contribution is -2.42. The highest BCUT2D eigenvalue weighted by Gasteiger charge is 2.47. The maximum atomic E-state index is 13.5. The number of hydrogen-bond donors (Lipinski definition) is 1. The minimum atomic E-state index is -2.97. The summed E-state index contributed by atoms with van der Waals surface area (Å²) < 4.78 is 25.3. The fourth-order valence-electron chi connectivity index (χ4n) is 5.95. The Morgan fingerprint density at radius 3 is 2.51 bits per heavy atom. The van der Waals surface area contributed by atoms with E-state index in [0.29, 0.717) is 36.5 Å². The Labute approximate surface area is 243 Å². The van der Waals surface area contributed by atoms with Gasteiger partial charge >= 0.3 is 0 Å². The quantitative estimate of drug-likeness (QED) is 0.462. The van der Waals surface area contributed by atoms with E-state index in [1.165, 1.54) is 15.9 Å². The number of rotatable bonds is 6. The van der Waals surface area contributed by atoms with Crippen LogP contribution in [0.1, 0.15) is 50.1 Å². The summed E-state index contributed by atoms with van der Waals surface area (Å²) >= 11 is 1.47. The molecule has 3 aromatic rings. The summed E-state index contributed by atoms with van der Waals surface area (Å²) in [6.07, 6.45) is 6.55. The fourth-order valence-corrected chi connectivity index (χ4v) is 8.31. The van der Waals surface area contributed by atoms with Gasteiger partial charge in [0.25, 0.3) is 5.56 Å². The van der Waals surface area contributed by atoms with Crippen LogP contribution >= 0.6 is 11.3 Å². The smallest absolute Gasteiger partial charge is 0.260 e. The number of pyridine rings is 1. The zero-order chi connectivity index (χ0) is 28.8. The molecule has 1 N–H and O–H groups in total. The zero-order valence-electron chi connectivity index (χ0n) is 23.0. The normalized spacial score (nSPS) is 23.0. The molecular weight excluding hydrogens is 558 g/mol. The predicted octanol–water partition coefficient (Wildman–Crippen LogP) is 3.86. The van der Waals surface area contributed by atoms with Gasteiger partial charge in [-0.1, -0.05) is 25.0 Å². The minimum Gasteiger partial charge on any atom is -0.369 e. The molecule has 2 saturated carbocycles. The van der Waals surface area contributed by atoms with Gasteiger partial charge in [-0.3, -0.25) is 9.59 Å². The molecule has 3 fully saturated rings. The average molecular weight is 592 g/mol. The number of carbonyl (C=O) groups excluding carboxylic acids is 1. The molecule has 41 heavy (non-hydrogen) atoms. The van der Waals surface area contributed by atoms with Crippen LogP contribution in [0.15, 0.2) is 47.4 Å². The van der Waals surface area contributed by atoms with Crippen LogP contribution in [-0.2, 0) is 21.7 Å². The van der Waals surface area contributed by atoms with Crippen LogP contribution in [0.3, 0.4) is 0 Å². The molecule has 9 nitrogen and oxygen atoms in total. The molecule has 0 spiro atoms. The molecule has 0 radical (unpaired) electrons. The monoisotopic (exact) mass is 591 g/mol. The maximum Gasteiger partial charge on any atom is 0.260 e. The summed E-state index contributed by atoms with van der Waals surface area (Å²) in [5.41, 5.74) is 2.41. The van der Waals surface area contributed by atoms with Gasteiger partial charge in [-0.15, -0.1) is 11.3 Å². The van der Waals surface area contributed by atoms with Crippen molar-refractivity contribution in [1.29, 1.82) is 5.26 Å². The van der Waals surface area contributed by atoms with E-state index in [0.717, 1.165) is 47.5 Å². The van der Waals surface area contributed by atoms with E-state index in [4.69, 9.17) is 4.98 Å². The Hall–Kier alpha value is -3.49. The molecule has 11 heteroatoms. The number of amides is 1. The van der Waals surface area contributed by atoms with Crippen LogP contribution < -0.4 is 15.8 Å². The van der Waals surface area contributed by atoms with Gasteiger partial charge in [0.2, 0.25) is 5.91 Å². The third-order valence-electron chi connectivity index (χ3n) is 8.63. The number of nitrogens with zero attached hydrogens (tertiary/aromatic N) is 4. The number of nitrogens with one attached hydrogen (secondary N) is 1. The maximum absolute atomic E-state index is 13.5. The van der Waals surface area contributed by atoms with E-state index in [1.807, 2.05) is 30.3 Å². The van der Waals surface area contributed by atoms with Gasteiger partial charge in [-0.05, 0) is 55.5 Å². The lowest BCUT2D eigenvalue weighted by atomic mass is 9.76. The average Bonchev–Trinajstić information content (AvgIpc) is 3.61. The second-order valence-corrected chi connectivity index (χ2v) is 14.7. The van der Waals surface area contributed by atoms with Gasteiger partial charge in [0.1, 0.15) is 10.5 Å². The van der Waals surface area contributed by atoms with Gasteiger partial charge < -0.3 is 14.8 Å². The Kier molecular flexibility index (Phi) is 7.24. The molecule has 3 heterocycles. The first-order valence-electron chi connectivity index (χ1n) is 14.1. The number of anilines is 1. The van der Waals surface area contributed by atoms with Crippen molar-refractivity contribution < 1.29 is 13.2 Å². The molecule has 3 aliphatic rings. The molecule has 1 aromatic carbocycles. The van der Waals surface area contributed by atoms with E-state index in [1.54, 1.807) is 19.3 Å². The first-order valence-corrected chi connectivity index (χ1v) is 16.8. The third-order valence-corrected chi connectivity index (χ3v) is 11.4. The second-order valence-electron chi connectivity index (χ2n) is 11.4. The fraction of sp³-hybridized carbons (Fsp3) is 0.467. The SMILES string of the molecule is Cn1cccc(-c2nc([C@@H]3CCCC[C@H]3C(=O)NC3(C#N)CC3)c(-c3ccc(N4CCS(=O)(=O)CC4)cc3)s2)c1=O. The molecule has 2 aliphatic carbocycles. The van der Waals surface area contributed by atoms with Crippen LogP contribution in [0.4, 0.5) is 5.69 Å². The van der Waals surface area contributed by atoms with Gasteiger partial charge in [-0.25, -0.2) is 13.4 Å². The topological polar surface area (TPSA) is 125 Å². The molecular formula is C30H33N5O4S2. The van der Waals surface area contributed by atoms with Crippen LogP contribution in [-0.4, -0.2) is 54.0 Å². The van der Waals surface area contributed by atoms with Crippen molar-refractivity contribution in [1.82, 2.24) is 14.9 Å². The number of aromatic nitrogens is 2. The van der Waals surface area contributed by atoms with Crippen molar-refractivity contribution in [2.45, 2.75) is 50.0 Å². The zero-order valence-corrected chi connectivity index (χ0v) is 24.6. The van der Waals surface area contributed by atoms with Gasteiger partial charge in [0.15, 0.2) is 9.84 Å². The lowest BCUT2D eigenvalue weighted by molar-refractivity contribution is -0.127. The molecule has 6 rings (SSSR count). The number of hydrogen-bond acceptors (Lipinski definition) is 8. The van der Waals surface area contributed by atoms with E-state index in [-0.39, 0.29) is 34.8 Å². The van der Waals surface area contributed by atoms with Crippen molar-refractivity contribution in [2.75, 3.05) is 29.5 Å².